The molecule has 106 valence electrons. The van der Waals surface area contributed by atoms with Gasteiger partial charge in [0.1, 0.15) is 0 Å². The van der Waals surface area contributed by atoms with E-state index in [9.17, 15) is 9.90 Å². The quantitative estimate of drug-likeness (QED) is 0.863. The maximum atomic E-state index is 12.3. The first-order chi connectivity index (χ1) is 8.99. The first-order valence-corrected chi connectivity index (χ1v) is 7.79. The van der Waals surface area contributed by atoms with Crippen LogP contribution >= 0.6 is 11.3 Å². The van der Waals surface area contributed by atoms with Crippen molar-refractivity contribution < 1.29 is 9.90 Å². The predicted octanol–water partition coefficient (Wildman–Crippen LogP) is 2.78. The van der Waals surface area contributed by atoms with Crippen LogP contribution in [-0.4, -0.2) is 41.5 Å². The van der Waals surface area contributed by atoms with Gasteiger partial charge >= 0.3 is 0 Å². The minimum Gasteiger partial charge on any atom is -0.391 e. The monoisotopic (exact) mass is 281 g/mol. The van der Waals surface area contributed by atoms with Crippen LogP contribution in [0.1, 0.15) is 45.8 Å². The van der Waals surface area contributed by atoms with Crippen molar-refractivity contribution >= 4 is 17.1 Å². The van der Waals surface area contributed by atoms with Crippen LogP contribution in [0.5, 0.6) is 0 Å². The number of ketones is 1. The van der Waals surface area contributed by atoms with E-state index in [0.29, 0.717) is 6.54 Å². The zero-order valence-electron chi connectivity index (χ0n) is 12.0. The van der Waals surface area contributed by atoms with Gasteiger partial charge in [0.25, 0.3) is 0 Å². The lowest BCUT2D eigenvalue weighted by molar-refractivity contribution is 0.0322. The lowest BCUT2D eigenvalue weighted by Gasteiger charge is -2.34. The summed E-state index contributed by atoms with van der Waals surface area (Å²) in [5, 5.41) is 10.0. The van der Waals surface area contributed by atoms with E-state index in [1.54, 1.807) is 11.3 Å². The molecule has 0 aromatic carbocycles. The molecule has 4 heteroatoms. The van der Waals surface area contributed by atoms with E-state index in [1.807, 2.05) is 31.9 Å². The molecule has 19 heavy (non-hydrogen) atoms. The molecular formula is C15H23NO2S. The third-order valence-electron chi connectivity index (χ3n) is 3.99. The normalized spacial score (nSPS) is 23.8. The zero-order chi connectivity index (χ0) is 14.0. The predicted molar refractivity (Wildman–Crippen MR) is 79.0 cm³/mol. The molecule has 2 rings (SSSR count). The lowest BCUT2D eigenvalue weighted by atomic mass is 9.91. The highest BCUT2D eigenvalue weighted by molar-refractivity contribution is 7.12. The van der Waals surface area contributed by atoms with Crippen LogP contribution in [0.4, 0.5) is 0 Å². The molecule has 0 spiro atoms. The fraction of sp³-hybridized carbons (Fsp3) is 0.667. The Labute approximate surface area is 119 Å². The number of hydrogen-bond donors (Lipinski definition) is 1. The van der Waals surface area contributed by atoms with E-state index >= 15 is 0 Å². The highest BCUT2D eigenvalue weighted by Gasteiger charge is 2.28. The molecule has 1 N–H and O–H groups in total. The number of thiophene rings is 1. The van der Waals surface area contributed by atoms with E-state index in [-0.39, 0.29) is 17.9 Å². The van der Waals surface area contributed by atoms with Gasteiger partial charge in [-0.1, -0.05) is 12.8 Å². The van der Waals surface area contributed by atoms with Gasteiger partial charge < -0.3 is 5.11 Å². The molecule has 0 radical (unpaired) electrons. The Bertz CT molecular complexity index is 455. The third kappa shape index (κ3) is 3.44. The number of carbonyl (C=O) groups is 1. The van der Waals surface area contributed by atoms with Crippen LogP contribution < -0.4 is 0 Å². The Morgan fingerprint density at radius 2 is 2.11 bits per heavy atom. The molecule has 0 saturated heterocycles. The number of aliphatic hydroxyl groups is 1. The number of carbonyl (C=O) groups excluding carboxylic acids is 1. The molecule has 1 aliphatic rings. The number of likely N-dealkylation sites (N-methyl/N-ethyl adjacent to an activating group) is 1. The minimum absolute atomic E-state index is 0.137. The molecule has 0 bridgehead atoms. The summed E-state index contributed by atoms with van der Waals surface area (Å²) in [6, 6.07) is 2.12. The molecule has 1 heterocycles. The van der Waals surface area contributed by atoms with Crippen molar-refractivity contribution in [1.29, 1.82) is 0 Å². The van der Waals surface area contributed by atoms with Crippen molar-refractivity contribution in [3.05, 3.63) is 21.4 Å². The van der Waals surface area contributed by atoms with Crippen LogP contribution in [-0.2, 0) is 0 Å². The smallest absolute Gasteiger partial charge is 0.177 e. The van der Waals surface area contributed by atoms with Crippen LogP contribution in [0.2, 0.25) is 0 Å². The van der Waals surface area contributed by atoms with E-state index in [2.05, 4.69) is 0 Å². The lowest BCUT2D eigenvalue weighted by Crippen LogP contribution is -2.45. The first kappa shape index (κ1) is 14.7. The Morgan fingerprint density at radius 3 is 2.68 bits per heavy atom. The molecule has 1 aromatic heterocycles. The van der Waals surface area contributed by atoms with Gasteiger partial charge in [0.2, 0.25) is 0 Å². The molecule has 2 atom stereocenters. The van der Waals surface area contributed by atoms with Crippen molar-refractivity contribution in [3.8, 4) is 0 Å². The van der Waals surface area contributed by atoms with E-state index in [0.717, 1.165) is 36.1 Å². The van der Waals surface area contributed by atoms with Crippen molar-refractivity contribution in [2.45, 2.75) is 51.7 Å². The maximum Gasteiger partial charge on any atom is 0.177 e. The van der Waals surface area contributed by atoms with E-state index in [1.165, 1.54) is 4.88 Å². The number of aryl methyl sites for hydroxylation is 2. The molecule has 1 aromatic rings. The molecule has 0 amide bonds. The molecule has 2 unspecified atom stereocenters. The Morgan fingerprint density at radius 1 is 1.42 bits per heavy atom. The second kappa shape index (κ2) is 6.16. The summed E-state index contributed by atoms with van der Waals surface area (Å²) >= 11 is 1.67. The van der Waals surface area contributed by atoms with Gasteiger partial charge in [0, 0.05) is 21.4 Å². The second-order valence-electron chi connectivity index (χ2n) is 5.58. The number of hydrogen-bond acceptors (Lipinski definition) is 4. The largest absolute Gasteiger partial charge is 0.391 e. The molecular weight excluding hydrogens is 258 g/mol. The van der Waals surface area contributed by atoms with Gasteiger partial charge in [-0.2, -0.15) is 0 Å². The molecule has 1 fully saturated rings. The van der Waals surface area contributed by atoms with Gasteiger partial charge in [-0.15, -0.1) is 11.3 Å². The summed E-state index contributed by atoms with van der Waals surface area (Å²) in [5.41, 5.74) is 0.847. The molecule has 3 nitrogen and oxygen atoms in total. The summed E-state index contributed by atoms with van der Waals surface area (Å²) in [6.07, 6.45) is 3.82. The molecule has 1 aliphatic carbocycles. The van der Waals surface area contributed by atoms with Crippen LogP contribution in [0, 0.1) is 13.8 Å². The summed E-state index contributed by atoms with van der Waals surface area (Å²) in [5.74, 6) is 0.169. The Kier molecular flexibility index (Phi) is 4.76. The van der Waals surface area contributed by atoms with Crippen LogP contribution in [0.15, 0.2) is 6.07 Å². The Balaban J connectivity index is 2.00. The van der Waals surface area contributed by atoms with Gasteiger partial charge in [-0.25, -0.2) is 0 Å². The van der Waals surface area contributed by atoms with Gasteiger partial charge in [0.05, 0.1) is 12.6 Å². The molecule has 0 aliphatic heterocycles. The Hall–Kier alpha value is -0.710. The summed E-state index contributed by atoms with van der Waals surface area (Å²) in [4.78, 5) is 16.6. The fourth-order valence-electron chi connectivity index (χ4n) is 2.94. The van der Waals surface area contributed by atoms with Gasteiger partial charge in [-0.3, -0.25) is 9.69 Å². The SMILES string of the molecule is Cc1cc(C(=O)CN(C)C2CCCCC2O)c(C)s1. The van der Waals surface area contributed by atoms with Crippen molar-refractivity contribution in [3.63, 3.8) is 0 Å². The number of nitrogens with zero attached hydrogens (tertiary/aromatic N) is 1. The highest BCUT2D eigenvalue weighted by atomic mass is 32.1. The number of Topliss-reactive ketones (excluding diaryl/α,β-unsaturated/α-hetero) is 1. The standard InChI is InChI=1S/C15H23NO2S/c1-10-8-12(11(2)19-10)15(18)9-16(3)13-6-4-5-7-14(13)17/h8,13-14,17H,4-7,9H2,1-3H3. The summed E-state index contributed by atoms with van der Waals surface area (Å²) < 4.78 is 0. The van der Waals surface area contributed by atoms with E-state index < -0.39 is 0 Å². The van der Waals surface area contributed by atoms with Gasteiger partial charge in [0.15, 0.2) is 5.78 Å². The van der Waals surface area contributed by atoms with E-state index in [4.69, 9.17) is 0 Å². The minimum atomic E-state index is -0.281. The van der Waals surface area contributed by atoms with Crippen LogP contribution in [0.25, 0.3) is 0 Å². The highest BCUT2D eigenvalue weighted by Crippen LogP contribution is 2.24. The second-order valence-corrected chi connectivity index (χ2v) is 7.04. The average molecular weight is 281 g/mol. The summed E-state index contributed by atoms with van der Waals surface area (Å²) in [7, 11) is 1.95. The van der Waals surface area contributed by atoms with Gasteiger partial charge in [-0.05, 0) is 39.8 Å². The van der Waals surface area contributed by atoms with Crippen molar-refractivity contribution in [2.24, 2.45) is 0 Å². The molecule has 1 saturated carbocycles. The third-order valence-corrected chi connectivity index (χ3v) is 4.96. The first-order valence-electron chi connectivity index (χ1n) is 6.97. The number of rotatable bonds is 4. The maximum absolute atomic E-state index is 12.3. The van der Waals surface area contributed by atoms with Crippen molar-refractivity contribution in [2.75, 3.05) is 13.6 Å². The van der Waals surface area contributed by atoms with Crippen molar-refractivity contribution in [1.82, 2.24) is 4.90 Å². The van der Waals surface area contributed by atoms with Crippen LogP contribution in [0.3, 0.4) is 0 Å². The summed E-state index contributed by atoms with van der Waals surface area (Å²) in [6.45, 7) is 4.43. The topological polar surface area (TPSA) is 40.5 Å². The number of aliphatic hydroxyl groups excluding tert-OH is 1. The fourth-order valence-corrected chi connectivity index (χ4v) is 3.88. The average Bonchev–Trinajstić information content (AvgIpc) is 2.69. The zero-order valence-corrected chi connectivity index (χ0v) is 12.8.